The zero-order valence-corrected chi connectivity index (χ0v) is 44.1. The Morgan fingerprint density at radius 2 is 1.57 bits per heavy atom. The predicted molar refractivity (Wildman–Crippen MR) is 272 cm³/mol. The lowest BCUT2D eigenvalue weighted by Gasteiger charge is -2.42. The van der Waals surface area contributed by atoms with Gasteiger partial charge < -0.3 is 33.3 Å². The lowest BCUT2D eigenvalue weighted by atomic mass is 9.93. The molecule has 3 fully saturated rings. The Morgan fingerprint density at radius 3 is 2.20 bits per heavy atom. The zero-order chi connectivity index (χ0) is 50.5. The molecular weight excluding hydrogens is 913 g/mol. The molecule has 0 radical (unpaired) electrons. The number of hydrogen-bond donors (Lipinski definition) is 0. The molecule has 3 aliphatic heterocycles. The molecule has 1 aromatic heterocycles. The average Bonchev–Trinajstić information content (AvgIpc) is 3.57. The number of carbonyl (C=O) groups excluding carboxylic acids is 2. The van der Waals surface area contributed by atoms with Gasteiger partial charge in [0.05, 0.1) is 30.9 Å². The topological polar surface area (TPSA) is 125 Å². The van der Waals surface area contributed by atoms with Crippen LogP contribution in [-0.4, -0.2) is 131 Å². The number of anilines is 1. The van der Waals surface area contributed by atoms with Gasteiger partial charge in [-0.05, 0) is 124 Å². The molecule has 16 heteroatoms. The van der Waals surface area contributed by atoms with Crippen LogP contribution < -0.4 is 14.4 Å². The van der Waals surface area contributed by atoms with Crippen molar-refractivity contribution in [3.8, 4) is 34.4 Å². The molecule has 2 atom stereocenters. The van der Waals surface area contributed by atoms with E-state index in [4.69, 9.17) is 38.4 Å². The number of methoxy groups -OCH3 is 1. The molecular formula is C54H73F2N5O8Si. The maximum atomic E-state index is 18.0. The summed E-state index contributed by atoms with van der Waals surface area (Å²) in [6.07, 6.45) is 3.07. The molecule has 0 N–H and O–H groups in total. The summed E-state index contributed by atoms with van der Waals surface area (Å²) in [4.78, 5) is 41.3. The molecule has 3 aliphatic rings. The first kappa shape index (κ1) is 52.7. The minimum absolute atomic E-state index is 0.0275. The molecule has 2 unspecified atom stereocenters. The van der Waals surface area contributed by atoms with Crippen molar-refractivity contribution in [1.29, 1.82) is 0 Å². The second-order valence-electron chi connectivity index (χ2n) is 21.0. The van der Waals surface area contributed by atoms with Gasteiger partial charge in [0.1, 0.15) is 49.8 Å². The van der Waals surface area contributed by atoms with Crippen LogP contribution in [-0.2, 0) is 23.7 Å². The Morgan fingerprint density at radius 1 is 0.886 bits per heavy atom. The number of piperidine rings is 1. The number of esters is 1. The van der Waals surface area contributed by atoms with E-state index in [0.29, 0.717) is 88.7 Å². The van der Waals surface area contributed by atoms with E-state index in [9.17, 15) is 9.59 Å². The van der Waals surface area contributed by atoms with Crippen LogP contribution in [0.4, 0.5) is 19.4 Å². The SMILES string of the molecule is CCOC(=O)COCC1CCN(CCOc2nc(N3CC4CCC(C3)N4C(=O)OC(C)(C)C)c3ccc(-c4cc(OCOC)cc5ccc(F)c(C#C[Si](C(C)C)(C(C)C)C(C)C)c45)c(F)c3n2)CC1. The standard InChI is InChI=1S/C54H73F2N5O8Si/c1-12-66-47(62)32-65-31-37-19-22-59(23-20-37)24-25-67-52-57-50-44(51(58-52)60-29-39-14-15-40(30-60)61(39)53(63)69-54(8,9)10)17-16-42(49(50)56)45-28-41(68-33-64-11)27-38-13-18-46(55)43(48(38)45)21-26-70(34(2)3,35(4)5)36(6)7/h13,16-18,27-28,34-37,39-40H,12,14-15,19-20,22-25,29-33H2,1-11H3. The van der Waals surface area contributed by atoms with Crippen molar-refractivity contribution in [3.05, 3.63) is 53.6 Å². The number of nitrogens with zero attached hydrogens (tertiary/aromatic N) is 5. The van der Waals surface area contributed by atoms with Gasteiger partial charge >= 0.3 is 18.1 Å². The van der Waals surface area contributed by atoms with E-state index in [1.54, 1.807) is 31.2 Å². The van der Waals surface area contributed by atoms with Crippen molar-refractivity contribution >= 4 is 47.6 Å². The smallest absolute Gasteiger partial charge is 0.410 e. The number of fused-ring (bicyclic) bond motifs is 4. The van der Waals surface area contributed by atoms with Crippen LogP contribution in [0.5, 0.6) is 11.8 Å². The van der Waals surface area contributed by atoms with Crippen LogP contribution in [0.15, 0.2) is 36.4 Å². The largest absolute Gasteiger partial charge is 0.468 e. The highest BCUT2D eigenvalue weighted by molar-refractivity contribution is 6.90. The molecule has 0 spiro atoms. The lowest BCUT2D eigenvalue weighted by Crippen LogP contribution is -2.57. The average molecular weight is 986 g/mol. The van der Waals surface area contributed by atoms with E-state index in [1.807, 2.05) is 31.7 Å². The first-order valence-corrected chi connectivity index (χ1v) is 27.3. The van der Waals surface area contributed by atoms with Crippen LogP contribution in [0, 0.1) is 29.0 Å². The number of aromatic nitrogens is 2. The summed E-state index contributed by atoms with van der Waals surface area (Å²) in [6, 6.07) is 9.90. The Balaban J connectivity index is 1.28. The molecule has 7 rings (SSSR count). The molecule has 2 bridgehead atoms. The van der Waals surface area contributed by atoms with Gasteiger partial charge in [-0.1, -0.05) is 59.6 Å². The number of benzene rings is 3. The third-order valence-electron chi connectivity index (χ3n) is 14.3. The molecule has 3 saturated heterocycles. The lowest BCUT2D eigenvalue weighted by molar-refractivity contribution is -0.149. The van der Waals surface area contributed by atoms with E-state index in [0.717, 1.165) is 38.8 Å². The predicted octanol–water partition coefficient (Wildman–Crippen LogP) is 10.5. The summed E-state index contributed by atoms with van der Waals surface area (Å²) in [7, 11) is -0.789. The number of rotatable bonds is 17. The summed E-state index contributed by atoms with van der Waals surface area (Å²) in [5.41, 5.74) is 4.85. The highest BCUT2D eigenvalue weighted by Crippen LogP contribution is 2.44. The number of amides is 1. The number of ether oxygens (including phenoxy) is 6. The quantitative estimate of drug-likeness (QED) is 0.0433. The second-order valence-corrected chi connectivity index (χ2v) is 26.6. The van der Waals surface area contributed by atoms with Crippen molar-refractivity contribution in [3.63, 3.8) is 0 Å². The van der Waals surface area contributed by atoms with Gasteiger partial charge in [0.2, 0.25) is 0 Å². The van der Waals surface area contributed by atoms with Crippen LogP contribution in [0.2, 0.25) is 16.6 Å². The summed E-state index contributed by atoms with van der Waals surface area (Å²) in [6.45, 7) is 24.8. The number of piperazine rings is 1. The van der Waals surface area contributed by atoms with Crippen molar-refractivity contribution in [2.75, 3.05) is 78.0 Å². The molecule has 4 heterocycles. The zero-order valence-electron chi connectivity index (χ0n) is 43.1. The molecule has 4 aromatic rings. The van der Waals surface area contributed by atoms with E-state index >= 15 is 8.78 Å². The number of hydrogen-bond acceptors (Lipinski definition) is 12. The van der Waals surface area contributed by atoms with Gasteiger partial charge in [0, 0.05) is 43.1 Å². The summed E-state index contributed by atoms with van der Waals surface area (Å²) < 4.78 is 68.4. The fourth-order valence-corrected chi connectivity index (χ4v) is 16.3. The molecule has 1 amide bonds. The molecule has 3 aromatic carbocycles. The van der Waals surface area contributed by atoms with E-state index < -0.39 is 25.3 Å². The van der Waals surface area contributed by atoms with Crippen LogP contribution in [0.3, 0.4) is 0 Å². The number of halogens is 2. The molecule has 0 aliphatic carbocycles. The van der Waals surface area contributed by atoms with E-state index in [1.165, 1.54) is 13.2 Å². The van der Waals surface area contributed by atoms with Crippen LogP contribution >= 0.6 is 0 Å². The van der Waals surface area contributed by atoms with Gasteiger partial charge in [-0.15, -0.1) is 5.54 Å². The fourth-order valence-electron chi connectivity index (χ4n) is 11.0. The second kappa shape index (κ2) is 22.6. The number of likely N-dealkylation sites (tertiary alicyclic amines) is 1. The number of carbonyl (C=O) groups is 2. The minimum atomic E-state index is -2.32. The third kappa shape index (κ3) is 11.6. The van der Waals surface area contributed by atoms with Gasteiger partial charge in [-0.3, -0.25) is 9.80 Å². The van der Waals surface area contributed by atoms with Gasteiger partial charge in [-0.25, -0.2) is 18.4 Å². The Bertz CT molecular complexity index is 2530. The fraction of sp³-hybridized carbons (Fsp3) is 0.593. The molecule has 0 saturated carbocycles. The van der Waals surface area contributed by atoms with Crippen LogP contribution in [0.1, 0.15) is 100 Å². The van der Waals surface area contributed by atoms with Crippen molar-refractivity contribution < 1.29 is 46.8 Å². The highest BCUT2D eigenvalue weighted by Gasteiger charge is 2.45. The molecule has 13 nitrogen and oxygen atoms in total. The van der Waals surface area contributed by atoms with Gasteiger partial charge in [0.25, 0.3) is 0 Å². The normalized spacial score (nSPS) is 18.0. The maximum absolute atomic E-state index is 18.0. The maximum Gasteiger partial charge on any atom is 0.410 e. The first-order chi connectivity index (χ1) is 33.3. The highest BCUT2D eigenvalue weighted by atomic mass is 28.3. The Labute approximate surface area is 413 Å². The van der Waals surface area contributed by atoms with Crippen molar-refractivity contribution in [1.82, 2.24) is 19.8 Å². The van der Waals surface area contributed by atoms with Gasteiger partial charge in [-0.2, -0.15) is 9.97 Å². The van der Waals surface area contributed by atoms with Crippen molar-refractivity contribution in [2.24, 2.45) is 5.92 Å². The monoisotopic (exact) mass is 986 g/mol. The third-order valence-corrected chi connectivity index (χ3v) is 20.6. The summed E-state index contributed by atoms with van der Waals surface area (Å²) in [5.74, 6) is 3.16. The molecule has 380 valence electrons. The van der Waals surface area contributed by atoms with Gasteiger partial charge in [0.15, 0.2) is 12.6 Å². The minimum Gasteiger partial charge on any atom is -0.468 e. The summed E-state index contributed by atoms with van der Waals surface area (Å²) in [5, 5.41) is 1.60. The van der Waals surface area contributed by atoms with Crippen molar-refractivity contribution in [2.45, 2.75) is 129 Å². The first-order valence-electron chi connectivity index (χ1n) is 25.1. The van der Waals surface area contributed by atoms with E-state index in [-0.39, 0.29) is 66.8 Å². The summed E-state index contributed by atoms with van der Waals surface area (Å²) >= 11 is 0. The van der Waals surface area contributed by atoms with Crippen LogP contribution in [0.25, 0.3) is 32.8 Å². The van der Waals surface area contributed by atoms with E-state index in [2.05, 4.69) is 62.8 Å². The molecule has 70 heavy (non-hydrogen) atoms. The Hall–Kier alpha value is -5.08. The Kier molecular flexibility index (Phi) is 17.0.